The van der Waals surface area contributed by atoms with Gasteiger partial charge in [0, 0.05) is 13.2 Å². The van der Waals surface area contributed by atoms with Crippen LogP contribution in [0.4, 0.5) is 11.4 Å². The topological polar surface area (TPSA) is 73.6 Å². The monoisotopic (exact) mass is 276 g/mol. The number of benzene rings is 1. The van der Waals surface area contributed by atoms with E-state index in [1.54, 1.807) is 0 Å². The minimum absolute atomic E-state index is 0.157. The van der Waals surface area contributed by atoms with Gasteiger partial charge in [-0.1, -0.05) is 6.07 Å². The van der Waals surface area contributed by atoms with E-state index in [1.165, 1.54) is 7.11 Å². The molecule has 2 aliphatic rings. The van der Waals surface area contributed by atoms with Crippen LogP contribution in [0.1, 0.15) is 24.8 Å². The van der Waals surface area contributed by atoms with E-state index in [9.17, 15) is 4.79 Å². The molecule has 1 saturated heterocycles. The van der Waals surface area contributed by atoms with Gasteiger partial charge in [0.2, 0.25) is 0 Å². The lowest BCUT2D eigenvalue weighted by molar-refractivity contribution is -0.143. The first-order valence-corrected chi connectivity index (χ1v) is 6.99. The van der Waals surface area contributed by atoms with E-state index in [4.69, 9.17) is 15.2 Å². The zero-order chi connectivity index (χ0) is 14.2. The van der Waals surface area contributed by atoms with Gasteiger partial charge in [0.05, 0.1) is 30.0 Å². The van der Waals surface area contributed by atoms with Gasteiger partial charge in [-0.2, -0.15) is 0 Å². The number of nitrogens with two attached hydrogens (primary N) is 1. The Morgan fingerprint density at radius 3 is 2.85 bits per heavy atom. The van der Waals surface area contributed by atoms with Crippen molar-refractivity contribution in [2.45, 2.75) is 30.8 Å². The van der Waals surface area contributed by atoms with Crippen molar-refractivity contribution in [3.8, 4) is 0 Å². The second kappa shape index (κ2) is 4.98. The van der Waals surface area contributed by atoms with Crippen molar-refractivity contribution in [3.63, 3.8) is 0 Å². The first-order valence-electron chi connectivity index (χ1n) is 6.99. The third kappa shape index (κ3) is 2.22. The largest absolute Gasteiger partial charge is 0.468 e. The Labute approximate surface area is 118 Å². The van der Waals surface area contributed by atoms with Gasteiger partial charge in [-0.05, 0) is 37.0 Å². The fourth-order valence-electron chi connectivity index (χ4n) is 2.61. The molecule has 1 aliphatic carbocycles. The molecule has 0 spiro atoms. The number of ether oxygens (including phenoxy) is 2. The third-order valence-electron chi connectivity index (χ3n) is 4.25. The molecule has 0 unspecified atom stereocenters. The van der Waals surface area contributed by atoms with Gasteiger partial charge in [0.15, 0.2) is 0 Å². The Kier molecular flexibility index (Phi) is 3.30. The van der Waals surface area contributed by atoms with Crippen molar-refractivity contribution < 1.29 is 14.3 Å². The number of nitrogens with one attached hydrogen (secondary N) is 1. The molecular formula is C15H20N2O3. The predicted molar refractivity (Wildman–Crippen MR) is 76.6 cm³/mol. The number of carbonyl (C=O) groups excluding carboxylic acids is 1. The Bertz CT molecular complexity index is 522. The molecule has 0 radical (unpaired) electrons. The van der Waals surface area contributed by atoms with Crippen LogP contribution < -0.4 is 11.1 Å². The number of rotatable bonds is 5. The van der Waals surface area contributed by atoms with Gasteiger partial charge < -0.3 is 20.5 Å². The summed E-state index contributed by atoms with van der Waals surface area (Å²) in [5.41, 5.74) is 8.07. The number of carbonyl (C=O) groups is 1. The smallest absolute Gasteiger partial charge is 0.316 e. The van der Waals surface area contributed by atoms with Crippen molar-refractivity contribution in [1.82, 2.24) is 0 Å². The average Bonchev–Trinajstić information content (AvgIpc) is 3.19. The van der Waals surface area contributed by atoms with Crippen LogP contribution in [0.15, 0.2) is 18.2 Å². The van der Waals surface area contributed by atoms with E-state index >= 15 is 0 Å². The molecule has 5 nitrogen and oxygen atoms in total. The van der Waals surface area contributed by atoms with Crippen molar-refractivity contribution in [1.29, 1.82) is 0 Å². The van der Waals surface area contributed by atoms with Crippen molar-refractivity contribution in [2.75, 3.05) is 31.3 Å². The molecule has 1 aromatic rings. The molecule has 3 rings (SSSR count). The Hall–Kier alpha value is -1.75. The molecule has 1 atom stereocenters. The van der Waals surface area contributed by atoms with Gasteiger partial charge >= 0.3 is 5.97 Å². The number of nitrogen functional groups attached to an aromatic ring is 1. The Balaban J connectivity index is 1.77. The highest BCUT2D eigenvalue weighted by Gasteiger charge is 2.52. The third-order valence-corrected chi connectivity index (χ3v) is 4.25. The molecule has 1 saturated carbocycles. The van der Waals surface area contributed by atoms with E-state index in [0.29, 0.717) is 5.69 Å². The molecule has 1 aliphatic heterocycles. The summed E-state index contributed by atoms with van der Waals surface area (Å²) in [5.74, 6) is -0.157. The lowest BCUT2D eigenvalue weighted by atomic mass is 9.95. The Morgan fingerprint density at radius 2 is 2.30 bits per heavy atom. The molecule has 108 valence electrons. The first-order chi connectivity index (χ1) is 9.65. The van der Waals surface area contributed by atoms with Gasteiger partial charge in [0.25, 0.3) is 0 Å². The quantitative estimate of drug-likeness (QED) is 0.632. The molecule has 2 fully saturated rings. The second-order valence-electron chi connectivity index (χ2n) is 5.54. The minimum atomic E-state index is -0.453. The molecule has 1 aromatic carbocycles. The lowest BCUT2D eigenvalue weighted by Crippen LogP contribution is -2.33. The van der Waals surface area contributed by atoms with Crippen molar-refractivity contribution in [3.05, 3.63) is 23.8 Å². The van der Waals surface area contributed by atoms with E-state index in [-0.39, 0.29) is 12.1 Å². The predicted octanol–water partition coefficient (Wildman–Crippen LogP) is 1.67. The normalized spacial score (nSPS) is 22.8. The number of methoxy groups -OCH3 is 1. The maximum Gasteiger partial charge on any atom is 0.316 e. The molecule has 3 N–H and O–H groups in total. The van der Waals surface area contributed by atoms with Crippen LogP contribution in [0, 0.1) is 0 Å². The lowest BCUT2D eigenvalue weighted by Gasteiger charge is -2.27. The van der Waals surface area contributed by atoms with Gasteiger partial charge in [-0.25, -0.2) is 0 Å². The van der Waals surface area contributed by atoms with Crippen LogP contribution in [0.3, 0.4) is 0 Å². The summed E-state index contributed by atoms with van der Waals surface area (Å²) in [6.45, 7) is 1.59. The highest BCUT2D eigenvalue weighted by molar-refractivity contribution is 5.87. The zero-order valence-corrected chi connectivity index (χ0v) is 11.6. The maximum atomic E-state index is 11.9. The summed E-state index contributed by atoms with van der Waals surface area (Å²) < 4.78 is 10.3. The molecule has 1 heterocycles. The van der Waals surface area contributed by atoms with E-state index in [0.717, 1.165) is 43.7 Å². The van der Waals surface area contributed by atoms with Crippen molar-refractivity contribution in [2.24, 2.45) is 0 Å². The maximum absolute atomic E-state index is 11.9. The number of esters is 1. The van der Waals surface area contributed by atoms with E-state index < -0.39 is 5.41 Å². The first kappa shape index (κ1) is 13.2. The summed E-state index contributed by atoms with van der Waals surface area (Å²) in [4.78, 5) is 11.9. The minimum Gasteiger partial charge on any atom is -0.468 e. The number of hydrogen-bond donors (Lipinski definition) is 2. The molecule has 0 bridgehead atoms. The molecule has 0 amide bonds. The van der Waals surface area contributed by atoms with Gasteiger partial charge in [-0.3, -0.25) is 4.79 Å². The van der Waals surface area contributed by atoms with Gasteiger partial charge in [0.1, 0.15) is 0 Å². The zero-order valence-electron chi connectivity index (χ0n) is 11.6. The Morgan fingerprint density at radius 1 is 1.55 bits per heavy atom. The summed E-state index contributed by atoms with van der Waals surface area (Å²) in [6, 6.07) is 5.74. The van der Waals surface area contributed by atoms with E-state index in [1.807, 2.05) is 18.2 Å². The second-order valence-corrected chi connectivity index (χ2v) is 5.54. The number of hydrogen-bond acceptors (Lipinski definition) is 5. The number of anilines is 2. The molecule has 5 heteroatoms. The summed E-state index contributed by atoms with van der Waals surface area (Å²) >= 11 is 0. The van der Waals surface area contributed by atoms with Crippen LogP contribution in [0.5, 0.6) is 0 Å². The van der Waals surface area contributed by atoms with Gasteiger partial charge in [-0.15, -0.1) is 0 Å². The summed E-state index contributed by atoms with van der Waals surface area (Å²) in [6.07, 6.45) is 3.04. The van der Waals surface area contributed by atoms with Crippen LogP contribution >= 0.6 is 0 Å². The standard InChI is InChI=1S/C15H20N2O3/c1-19-14(18)15(5-6-15)10-2-3-12(16)13(8-10)17-9-11-4-7-20-11/h2-3,8,11,17H,4-7,9,16H2,1H3/t11-/m0/s1. The van der Waals surface area contributed by atoms with Crippen LogP contribution in [-0.4, -0.2) is 32.3 Å². The van der Waals surface area contributed by atoms with E-state index in [2.05, 4.69) is 5.32 Å². The highest BCUT2D eigenvalue weighted by Crippen LogP contribution is 2.50. The summed E-state index contributed by atoms with van der Waals surface area (Å²) in [5, 5.41) is 3.31. The summed E-state index contributed by atoms with van der Waals surface area (Å²) in [7, 11) is 1.44. The molecular weight excluding hydrogens is 256 g/mol. The SMILES string of the molecule is COC(=O)C1(c2ccc(N)c(NC[C@@H]3CCO3)c2)CC1. The van der Waals surface area contributed by atoms with Crippen molar-refractivity contribution >= 4 is 17.3 Å². The molecule has 20 heavy (non-hydrogen) atoms. The average molecular weight is 276 g/mol. The highest BCUT2D eigenvalue weighted by atomic mass is 16.5. The van der Waals surface area contributed by atoms with Crippen LogP contribution in [0.25, 0.3) is 0 Å². The fraction of sp³-hybridized carbons (Fsp3) is 0.533. The fourth-order valence-corrected chi connectivity index (χ4v) is 2.61. The molecule has 0 aromatic heterocycles. The van der Waals surface area contributed by atoms with Crippen LogP contribution in [0.2, 0.25) is 0 Å². The van der Waals surface area contributed by atoms with Crippen LogP contribution in [-0.2, 0) is 19.7 Å².